The molecule has 126 valence electrons. The van der Waals surface area contributed by atoms with Gasteiger partial charge < -0.3 is 15.5 Å². The van der Waals surface area contributed by atoms with Gasteiger partial charge in [-0.25, -0.2) is 9.78 Å². The van der Waals surface area contributed by atoms with Crippen molar-refractivity contribution in [2.45, 2.75) is 25.9 Å². The molecule has 2 amide bonds. The zero-order valence-electron chi connectivity index (χ0n) is 13.5. The summed E-state index contributed by atoms with van der Waals surface area (Å²) in [5, 5.41) is 6.32. The number of urea groups is 1. The number of anilines is 1. The Bertz CT molecular complexity index is 684. The van der Waals surface area contributed by atoms with Gasteiger partial charge in [0.25, 0.3) is 0 Å². The molecular formula is C18H21ClN4O. The minimum Gasteiger partial charge on any atom is -0.357 e. The van der Waals surface area contributed by atoms with E-state index in [4.69, 9.17) is 11.6 Å². The van der Waals surface area contributed by atoms with Gasteiger partial charge in [0.15, 0.2) is 0 Å². The highest BCUT2D eigenvalue weighted by Crippen LogP contribution is 2.17. The maximum Gasteiger partial charge on any atom is 0.315 e. The Hall–Kier alpha value is -2.27. The Morgan fingerprint density at radius 1 is 1.08 bits per heavy atom. The number of amides is 2. The maximum absolute atomic E-state index is 11.9. The Kier molecular flexibility index (Phi) is 5.54. The molecule has 1 aliphatic rings. The molecule has 2 N–H and O–H groups in total. The molecule has 1 fully saturated rings. The number of nitrogens with one attached hydrogen (secondary N) is 2. The van der Waals surface area contributed by atoms with E-state index >= 15 is 0 Å². The number of carbonyl (C=O) groups excluding carboxylic acids is 1. The molecule has 1 aromatic heterocycles. The van der Waals surface area contributed by atoms with E-state index in [1.807, 2.05) is 42.6 Å². The summed E-state index contributed by atoms with van der Waals surface area (Å²) < 4.78 is 0. The molecule has 0 bridgehead atoms. The summed E-state index contributed by atoms with van der Waals surface area (Å²) in [7, 11) is 0. The van der Waals surface area contributed by atoms with E-state index in [2.05, 4.69) is 20.5 Å². The van der Waals surface area contributed by atoms with Crippen molar-refractivity contribution >= 4 is 23.4 Å². The number of hydrogen-bond acceptors (Lipinski definition) is 3. The first kappa shape index (κ1) is 16.6. The largest absolute Gasteiger partial charge is 0.357 e. The van der Waals surface area contributed by atoms with Crippen molar-refractivity contribution in [2.75, 3.05) is 18.0 Å². The van der Waals surface area contributed by atoms with Gasteiger partial charge in [0, 0.05) is 37.4 Å². The van der Waals surface area contributed by atoms with Gasteiger partial charge in [0.05, 0.1) is 0 Å². The van der Waals surface area contributed by atoms with Crippen LogP contribution < -0.4 is 15.5 Å². The third-order valence-corrected chi connectivity index (χ3v) is 4.27. The first-order valence-corrected chi connectivity index (χ1v) is 8.54. The molecule has 2 heterocycles. The Balaban J connectivity index is 1.44. The summed E-state index contributed by atoms with van der Waals surface area (Å²) in [6, 6.07) is 11.3. The average Bonchev–Trinajstić information content (AvgIpc) is 3.13. The predicted octanol–water partition coefficient (Wildman–Crippen LogP) is 3.33. The van der Waals surface area contributed by atoms with E-state index in [0.717, 1.165) is 30.0 Å². The van der Waals surface area contributed by atoms with E-state index in [9.17, 15) is 4.79 Å². The number of nitrogens with zero attached hydrogens (tertiary/aromatic N) is 2. The molecule has 24 heavy (non-hydrogen) atoms. The van der Waals surface area contributed by atoms with Crippen LogP contribution in [0.15, 0.2) is 42.6 Å². The van der Waals surface area contributed by atoms with Crippen molar-refractivity contribution in [1.82, 2.24) is 15.6 Å². The molecule has 0 atom stereocenters. The minimum absolute atomic E-state index is 0.210. The Labute approximate surface area is 147 Å². The van der Waals surface area contributed by atoms with Gasteiger partial charge in [0.1, 0.15) is 5.82 Å². The molecule has 0 aliphatic carbocycles. The summed E-state index contributed by atoms with van der Waals surface area (Å²) in [5.74, 6) is 1.02. The number of aromatic nitrogens is 1. The van der Waals surface area contributed by atoms with Crippen LogP contribution in [0.5, 0.6) is 0 Å². The van der Waals surface area contributed by atoms with Gasteiger partial charge in [-0.2, -0.15) is 0 Å². The lowest BCUT2D eigenvalue weighted by atomic mass is 10.2. The lowest BCUT2D eigenvalue weighted by molar-refractivity contribution is 0.240. The zero-order valence-corrected chi connectivity index (χ0v) is 14.2. The Morgan fingerprint density at radius 3 is 2.50 bits per heavy atom. The highest BCUT2D eigenvalue weighted by Gasteiger charge is 2.13. The van der Waals surface area contributed by atoms with Crippen molar-refractivity contribution in [1.29, 1.82) is 0 Å². The van der Waals surface area contributed by atoms with Crippen molar-refractivity contribution < 1.29 is 4.79 Å². The fourth-order valence-corrected chi connectivity index (χ4v) is 2.94. The smallest absolute Gasteiger partial charge is 0.315 e. The SMILES string of the molecule is O=C(NCc1ccc(N2CCCC2)nc1)NCc1cccc(Cl)c1. The molecule has 6 heteroatoms. The molecule has 2 aromatic rings. The van der Waals surface area contributed by atoms with Gasteiger partial charge in [0.2, 0.25) is 0 Å². The van der Waals surface area contributed by atoms with Crippen molar-refractivity contribution in [3.8, 4) is 0 Å². The molecule has 0 saturated carbocycles. The quantitative estimate of drug-likeness (QED) is 0.874. The van der Waals surface area contributed by atoms with Crippen molar-refractivity contribution in [3.63, 3.8) is 0 Å². The van der Waals surface area contributed by atoms with Crippen LogP contribution >= 0.6 is 11.6 Å². The lowest BCUT2D eigenvalue weighted by Crippen LogP contribution is -2.34. The van der Waals surface area contributed by atoms with Crippen LogP contribution in [0.4, 0.5) is 10.6 Å². The maximum atomic E-state index is 11.9. The Morgan fingerprint density at radius 2 is 1.83 bits per heavy atom. The third kappa shape index (κ3) is 4.61. The molecule has 0 spiro atoms. The van der Waals surface area contributed by atoms with E-state index in [-0.39, 0.29) is 6.03 Å². The number of benzene rings is 1. The van der Waals surface area contributed by atoms with Crippen LogP contribution in [0.2, 0.25) is 5.02 Å². The molecule has 0 unspecified atom stereocenters. The van der Waals surface area contributed by atoms with E-state index in [1.165, 1.54) is 12.8 Å². The highest BCUT2D eigenvalue weighted by molar-refractivity contribution is 6.30. The monoisotopic (exact) mass is 344 g/mol. The second-order valence-electron chi connectivity index (χ2n) is 5.88. The van der Waals surface area contributed by atoms with Crippen LogP contribution in [-0.4, -0.2) is 24.1 Å². The number of pyridine rings is 1. The van der Waals surface area contributed by atoms with Gasteiger partial charge in [-0.15, -0.1) is 0 Å². The number of halogens is 1. The standard InChI is InChI=1S/C18H21ClN4O/c19-16-5-3-4-14(10-16)11-21-18(24)22-13-15-6-7-17(20-12-15)23-8-1-2-9-23/h3-7,10,12H,1-2,8-9,11,13H2,(H2,21,22,24). The number of hydrogen-bond donors (Lipinski definition) is 2. The first-order valence-electron chi connectivity index (χ1n) is 8.17. The molecule has 1 aromatic carbocycles. The second-order valence-corrected chi connectivity index (χ2v) is 6.32. The number of carbonyl (C=O) groups is 1. The molecule has 3 rings (SSSR count). The molecule has 0 radical (unpaired) electrons. The molecule has 1 aliphatic heterocycles. The van der Waals surface area contributed by atoms with E-state index in [0.29, 0.717) is 18.1 Å². The van der Waals surface area contributed by atoms with E-state index < -0.39 is 0 Å². The number of rotatable bonds is 5. The minimum atomic E-state index is -0.210. The van der Waals surface area contributed by atoms with E-state index in [1.54, 1.807) is 0 Å². The van der Waals surface area contributed by atoms with Crippen LogP contribution in [0.1, 0.15) is 24.0 Å². The highest BCUT2D eigenvalue weighted by atomic mass is 35.5. The molecular weight excluding hydrogens is 324 g/mol. The summed E-state index contributed by atoms with van der Waals surface area (Å²) in [6.45, 7) is 3.06. The summed E-state index contributed by atoms with van der Waals surface area (Å²) in [5.41, 5.74) is 1.95. The van der Waals surface area contributed by atoms with Gasteiger partial charge >= 0.3 is 6.03 Å². The predicted molar refractivity (Wildman–Crippen MR) is 96.2 cm³/mol. The fraction of sp³-hybridized carbons (Fsp3) is 0.333. The fourth-order valence-electron chi connectivity index (χ4n) is 2.73. The second kappa shape index (κ2) is 8.02. The average molecular weight is 345 g/mol. The third-order valence-electron chi connectivity index (χ3n) is 4.03. The van der Waals surface area contributed by atoms with Gasteiger partial charge in [-0.1, -0.05) is 29.8 Å². The normalized spacial score (nSPS) is 13.8. The van der Waals surface area contributed by atoms with Crippen LogP contribution in [-0.2, 0) is 13.1 Å². The van der Waals surface area contributed by atoms with Gasteiger partial charge in [-0.05, 0) is 42.2 Å². The lowest BCUT2D eigenvalue weighted by Gasteiger charge is -2.16. The van der Waals surface area contributed by atoms with Crippen LogP contribution in [0, 0.1) is 0 Å². The van der Waals surface area contributed by atoms with Crippen LogP contribution in [0.3, 0.4) is 0 Å². The van der Waals surface area contributed by atoms with Crippen molar-refractivity contribution in [2.24, 2.45) is 0 Å². The summed E-state index contributed by atoms with van der Waals surface area (Å²) in [4.78, 5) is 18.6. The van der Waals surface area contributed by atoms with Crippen molar-refractivity contribution in [3.05, 3.63) is 58.7 Å². The first-order chi connectivity index (χ1) is 11.7. The topological polar surface area (TPSA) is 57.3 Å². The van der Waals surface area contributed by atoms with Crippen LogP contribution in [0.25, 0.3) is 0 Å². The zero-order chi connectivity index (χ0) is 16.8. The summed E-state index contributed by atoms with van der Waals surface area (Å²) in [6.07, 6.45) is 4.29. The molecule has 5 nitrogen and oxygen atoms in total. The molecule has 1 saturated heterocycles. The summed E-state index contributed by atoms with van der Waals surface area (Å²) >= 11 is 5.92. The van der Waals surface area contributed by atoms with Gasteiger partial charge in [-0.3, -0.25) is 0 Å².